The number of hydrogen-bond acceptors (Lipinski definition) is 1. The van der Waals surface area contributed by atoms with Gasteiger partial charge in [-0.05, 0) is 24.5 Å². The number of hydrogen-bond donors (Lipinski definition) is 0. The molecule has 0 N–H and O–H groups in total. The van der Waals surface area contributed by atoms with Gasteiger partial charge in [-0.3, -0.25) is 0 Å². The molecule has 1 heteroatoms. The summed E-state index contributed by atoms with van der Waals surface area (Å²) in [4.78, 5) is 0. The van der Waals surface area contributed by atoms with Gasteiger partial charge in [0.2, 0.25) is 0 Å². The van der Waals surface area contributed by atoms with Crippen molar-refractivity contribution in [3.8, 4) is 0 Å². The molecule has 10 heavy (non-hydrogen) atoms. The smallest absolute Gasteiger partial charge is 0.106 e. The lowest BCUT2D eigenvalue weighted by atomic mass is 10.2. The summed E-state index contributed by atoms with van der Waals surface area (Å²) in [6.45, 7) is 3.04. The average molecular weight is 136 g/mol. The largest absolute Gasteiger partial charge is 0.494 e. The van der Waals surface area contributed by atoms with E-state index in [-0.39, 0.29) is 0 Å². The Morgan fingerprint density at radius 1 is 1.60 bits per heavy atom. The summed E-state index contributed by atoms with van der Waals surface area (Å²) in [7, 11) is 0. The standard InChI is InChI=1S/C9H12O/c1-7-6-8(7)9-4-2-3-5-10-9/h2-4,7-8H,5-6H2,1H3. The van der Waals surface area contributed by atoms with Gasteiger partial charge in [-0.2, -0.15) is 0 Å². The van der Waals surface area contributed by atoms with Crippen LogP contribution in [0.5, 0.6) is 0 Å². The van der Waals surface area contributed by atoms with Crippen molar-refractivity contribution >= 4 is 0 Å². The molecule has 0 aromatic rings. The molecule has 0 radical (unpaired) electrons. The second-order valence-electron chi connectivity index (χ2n) is 3.13. The molecule has 0 bridgehead atoms. The fraction of sp³-hybridized carbons (Fsp3) is 0.556. The normalized spacial score (nSPS) is 36.7. The van der Waals surface area contributed by atoms with Crippen molar-refractivity contribution in [3.63, 3.8) is 0 Å². The Labute approximate surface area is 61.4 Å². The molecule has 2 aliphatic rings. The molecule has 1 aliphatic heterocycles. The Balaban J connectivity index is 2.04. The maximum absolute atomic E-state index is 5.45. The van der Waals surface area contributed by atoms with Crippen LogP contribution in [0.3, 0.4) is 0 Å². The second-order valence-corrected chi connectivity index (χ2v) is 3.13. The van der Waals surface area contributed by atoms with Gasteiger partial charge < -0.3 is 4.74 Å². The SMILES string of the molecule is CC1CC1C1=CC=CCO1. The van der Waals surface area contributed by atoms with Crippen molar-refractivity contribution in [2.24, 2.45) is 11.8 Å². The first-order chi connectivity index (χ1) is 4.88. The van der Waals surface area contributed by atoms with E-state index in [2.05, 4.69) is 19.1 Å². The van der Waals surface area contributed by atoms with Gasteiger partial charge in [0.05, 0.1) is 5.76 Å². The van der Waals surface area contributed by atoms with Gasteiger partial charge >= 0.3 is 0 Å². The van der Waals surface area contributed by atoms with Crippen molar-refractivity contribution in [2.45, 2.75) is 13.3 Å². The third-order valence-electron chi connectivity index (χ3n) is 2.22. The summed E-state index contributed by atoms with van der Waals surface area (Å²) in [5.41, 5.74) is 0. The van der Waals surface area contributed by atoms with E-state index in [0.717, 1.165) is 18.4 Å². The van der Waals surface area contributed by atoms with Gasteiger partial charge in [-0.25, -0.2) is 0 Å². The van der Waals surface area contributed by atoms with Crippen LogP contribution in [0, 0.1) is 11.8 Å². The van der Waals surface area contributed by atoms with E-state index in [1.165, 1.54) is 12.2 Å². The summed E-state index contributed by atoms with van der Waals surface area (Å²) in [6.07, 6.45) is 7.54. The van der Waals surface area contributed by atoms with Gasteiger partial charge in [-0.15, -0.1) is 0 Å². The minimum atomic E-state index is 0.741. The quantitative estimate of drug-likeness (QED) is 0.536. The van der Waals surface area contributed by atoms with E-state index in [9.17, 15) is 0 Å². The van der Waals surface area contributed by atoms with Crippen LogP contribution in [0.2, 0.25) is 0 Å². The molecular weight excluding hydrogens is 124 g/mol. The van der Waals surface area contributed by atoms with Crippen LogP contribution in [-0.2, 0) is 4.74 Å². The fourth-order valence-electron chi connectivity index (χ4n) is 1.36. The second kappa shape index (κ2) is 2.15. The average Bonchev–Trinajstić information content (AvgIpc) is 2.69. The van der Waals surface area contributed by atoms with Gasteiger partial charge in [0.1, 0.15) is 6.61 Å². The highest BCUT2D eigenvalue weighted by molar-refractivity contribution is 5.18. The van der Waals surface area contributed by atoms with Gasteiger partial charge in [0, 0.05) is 5.92 Å². The van der Waals surface area contributed by atoms with Crippen molar-refractivity contribution < 1.29 is 4.74 Å². The topological polar surface area (TPSA) is 9.23 Å². The monoisotopic (exact) mass is 136 g/mol. The van der Waals surface area contributed by atoms with Gasteiger partial charge in [0.15, 0.2) is 0 Å². The van der Waals surface area contributed by atoms with E-state index < -0.39 is 0 Å². The summed E-state index contributed by atoms with van der Waals surface area (Å²) < 4.78 is 5.45. The number of allylic oxidation sites excluding steroid dienone is 3. The molecule has 0 amide bonds. The molecule has 1 aliphatic carbocycles. The first kappa shape index (κ1) is 6.02. The molecule has 1 saturated carbocycles. The lowest BCUT2D eigenvalue weighted by Crippen LogP contribution is -1.98. The van der Waals surface area contributed by atoms with Crippen molar-refractivity contribution in [1.29, 1.82) is 0 Å². The zero-order chi connectivity index (χ0) is 6.97. The Morgan fingerprint density at radius 3 is 2.90 bits per heavy atom. The maximum atomic E-state index is 5.45. The molecule has 2 rings (SSSR count). The molecule has 0 saturated heterocycles. The van der Waals surface area contributed by atoms with Gasteiger partial charge in [-0.1, -0.05) is 13.0 Å². The summed E-state index contributed by atoms with van der Waals surface area (Å²) >= 11 is 0. The molecule has 2 atom stereocenters. The molecule has 1 fully saturated rings. The molecule has 0 aromatic carbocycles. The van der Waals surface area contributed by atoms with E-state index in [1.54, 1.807) is 0 Å². The van der Waals surface area contributed by atoms with E-state index >= 15 is 0 Å². The van der Waals surface area contributed by atoms with Crippen LogP contribution in [0.4, 0.5) is 0 Å². The van der Waals surface area contributed by atoms with Crippen LogP contribution in [0.1, 0.15) is 13.3 Å². The molecule has 2 unspecified atom stereocenters. The lowest BCUT2D eigenvalue weighted by Gasteiger charge is -2.09. The molecule has 1 nitrogen and oxygen atoms in total. The predicted octanol–water partition coefficient (Wildman–Crippen LogP) is 2.11. The highest BCUT2D eigenvalue weighted by Gasteiger charge is 2.37. The van der Waals surface area contributed by atoms with Crippen molar-refractivity contribution in [2.75, 3.05) is 6.61 Å². The molecule has 0 aromatic heterocycles. The highest BCUT2D eigenvalue weighted by Crippen LogP contribution is 2.44. The zero-order valence-electron chi connectivity index (χ0n) is 6.21. The van der Waals surface area contributed by atoms with Crippen molar-refractivity contribution in [3.05, 3.63) is 24.0 Å². The van der Waals surface area contributed by atoms with Crippen LogP contribution in [0.25, 0.3) is 0 Å². The Kier molecular flexibility index (Phi) is 1.30. The van der Waals surface area contributed by atoms with E-state index in [4.69, 9.17) is 4.74 Å². The van der Waals surface area contributed by atoms with E-state index in [0.29, 0.717) is 0 Å². The third kappa shape index (κ3) is 0.962. The Hall–Kier alpha value is -0.720. The lowest BCUT2D eigenvalue weighted by molar-refractivity contribution is 0.223. The fourth-order valence-corrected chi connectivity index (χ4v) is 1.36. The molecular formula is C9H12O. The summed E-state index contributed by atoms with van der Waals surface area (Å²) in [5, 5.41) is 0. The number of ether oxygens (including phenoxy) is 1. The first-order valence-corrected chi connectivity index (χ1v) is 3.87. The minimum absolute atomic E-state index is 0.741. The Morgan fingerprint density at radius 2 is 2.40 bits per heavy atom. The van der Waals surface area contributed by atoms with Crippen LogP contribution < -0.4 is 0 Å². The summed E-state index contributed by atoms with van der Waals surface area (Å²) in [5.74, 6) is 2.80. The maximum Gasteiger partial charge on any atom is 0.106 e. The van der Waals surface area contributed by atoms with Crippen molar-refractivity contribution in [1.82, 2.24) is 0 Å². The molecule has 0 spiro atoms. The first-order valence-electron chi connectivity index (χ1n) is 3.87. The third-order valence-corrected chi connectivity index (χ3v) is 2.22. The minimum Gasteiger partial charge on any atom is -0.494 e. The number of rotatable bonds is 1. The summed E-state index contributed by atoms with van der Waals surface area (Å²) in [6, 6.07) is 0. The molecule has 54 valence electrons. The van der Waals surface area contributed by atoms with Gasteiger partial charge in [0.25, 0.3) is 0 Å². The zero-order valence-corrected chi connectivity index (χ0v) is 6.21. The van der Waals surface area contributed by atoms with Crippen LogP contribution in [-0.4, -0.2) is 6.61 Å². The van der Waals surface area contributed by atoms with Crippen LogP contribution >= 0.6 is 0 Å². The predicted molar refractivity (Wildman–Crippen MR) is 40.4 cm³/mol. The highest BCUT2D eigenvalue weighted by atomic mass is 16.5. The molecule has 1 heterocycles. The van der Waals surface area contributed by atoms with E-state index in [1.807, 2.05) is 6.08 Å². The van der Waals surface area contributed by atoms with Crippen LogP contribution in [0.15, 0.2) is 24.0 Å². The Bertz CT molecular complexity index is 191.